The Hall–Kier alpha value is -2.59. The number of carbonyl (C=O) groups is 4. The molecular formula is C21H24Cl2FN3O6. The molecule has 2 aliphatic rings. The van der Waals surface area contributed by atoms with Gasteiger partial charge in [-0.25, -0.2) is 9.18 Å². The first kappa shape index (κ1) is 25.0. The molecule has 12 heteroatoms. The second kappa shape index (κ2) is 11.0. The zero-order valence-electron chi connectivity index (χ0n) is 17.9. The van der Waals surface area contributed by atoms with Gasteiger partial charge in [-0.05, 0) is 36.5 Å². The Morgan fingerprint density at radius 1 is 1.27 bits per heavy atom. The number of benzene rings is 1. The van der Waals surface area contributed by atoms with Crippen LogP contribution >= 0.6 is 23.2 Å². The summed E-state index contributed by atoms with van der Waals surface area (Å²) in [5, 5.41) is 2.47. The second-order valence-electron chi connectivity index (χ2n) is 7.80. The number of nitrogens with zero attached hydrogens (tertiary/aromatic N) is 2. The topological polar surface area (TPSA) is 105 Å². The van der Waals surface area contributed by atoms with Gasteiger partial charge in [0.25, 0.3) is 11.8 Å². The van der Waals surface area contributed by atoms with Gasteiger partial charge in [0, 0.05) is 20.0 Å². The predicted octanol–water partition coefficient (Wildman–Crippen LogP) is 2.34. The van der Waals surface area contributed by atoms with Crippen LogP contribution in [0.4, 0.5) is 14.9 Å². The quantitative estimate of drug-likeness (QED) is 0.452. The highest BCUT2D eigenvalue weighted by molar-refractivity contribution is 6.53. The van der Waals surface area contributed by atoms with E-state index in [4.69, 9.17) is 32.7 Å². The van der Waals surface area contributed by atoms with Crippen molar-refractivity contribution in [1.82, 2.24) is 10.2 Å². The summed E-state index contributed by atoms with van der Waals surface area (Å²) in [6, 6.07) is 4.56. The fourth-order valence-corrected chi connectivity index (χ4v) is 3.99. The Balaban J connectivity index is 1.56. The lowest BCUT2D eigenvalue weighted by atomic mass is 9.89. The standard InChI is InChI=1S/C21H24Cl2FN3O6/c1-12(28)32-11-18(29)26-6-4-13(5-7-26)16-3-2-14(8-17(16)24)27-10-15(33-21(27)31)9-25-20(30)19(22)23/h2-3,8,13,15,19H,4-7,9-11H2,1H3,(H,25,30). The van der Waals surface area contributed by atoms with Crippen LogP contribution in [0.5, 0.6) is 0 Å². The minimum absolute atomic E-state index is 0.0341. The summed E-state index contributed by atoms with van der Waals surface area (Å²) in [6.07, 6.45) is -0.130. The number of halogens is 3. The Morgan fingerprint density at radius 3 is 2.58 bits per heavy atom. The number of cyclic esters (lactones) is 1. The minimum Gasteiger partial charge on any atom is -0.456 e. The van der Waals surface area contributed by atoms with E-state index in [2.05, 4.69) is 5.32 Å². The smallest absolute Gasteiger partial charge is 0.414 e. The molecule has 180 valence electrons. The molecule has 9 nitrogen and oxygen atoms in total. The van der Waals surface area contributed by atoms with Crippen LogP contribution in [-0.2, 0) is 23.9 Å². The molecule has 1 unspecified atom stereocenters. The van der Waals surface area contributed by atoms with E-state index in [1.165, 1.54) is 17.9 Å². The molecule has 0 aromatic heterocycles. The molecule has 3 rings (SSSR count). The molecule has 0 saturated carbocycles. The van der Waals surface area contributed by atoms with Crippen molar-refractivity contribution in [2.75, 3.05) is 37.7 Å². The lowest BCUT2D eigenvalue weighted by molar-refractivity contribution is -0.150. The first-order valence-electron chi connectivity index (χ1n) is 10.4. The van der Waals surface area contributed by atoms with Gasteiger partial charge in [0.05, 0.1) is 18.8 Å². The fourth-order valence-electron chi connectivity index (χ4n) is 3.84. The van der Waals surface area contributed by atoms with Crippen molar-refractivity contribution >= 4 is 52.8 Å². The van der Waals surface area contributed by atoms with Crippen LogP contribution in [0.3, 0.4) is 0 Å². The molecule has 0 spiro atoms. The summed E-state index contributed by atoms with van der Waals surface area (Å²) < 4.78 is 24.9. The highest BCUT2D eigenvalue weighted by Crippen LogP contribution is 2.32. The highest BCUT2D eigenvalue weighted by atomic mass is 35.5. The lowest BCUT2D eigenvalue weighted by Gasteiger charge is -2.32. The summed E-state index contributed by atoms with van der Waals surface area (Å²) in [7, 11) is 0. The summed E-state index contributed by atoms with van der Waals surface area (Å²) >= 11 is 10.9. The van der Waals surface area contributed by atoms with Crippen LogP contribution in [0.15, 0.2) is 18.2 Å². The molecule has 2 fully saturated rings. The van der Waals surface area contributed by atoms with Crippen molar-refractivity contribution in [3.05, 3.63) is 29.6 Å². The van der Waals surface area contributed by atoms with E-state index >= 15 is 0 Å². The second-order valence-corrected chi connectivity index (χ2v) is 8.90. The molecule has 2 saturated heterocycles. The third-order valence-electron chi connectivity index (χ3n) is 5.56. The molecule has 1 atom stereocenters. The molecule has 33 heavy (non-hydrogen) atoms. The molecule has 1 N–H and O–H groups in total. The summed E-state index contributed by atoms with van der Waals surface area (Å²) in [6.45, 7) is 1.98. The third kappa shape index (κ3) is 6.48. The summed E-state index contributed by atoms with van der Waals surface area (Å²) in [4.78, 5) is 48.3. The number of hydrogen-bond donors (Lipinski definition) is 1. The number of likely N-dealkylation sites (tertiary alicyclic amines) is 1. The van der Waals surface area contributed by atoms with Crippen molar-refractivity contribution in [3.8, 4) is 0 Å². The van der Waals surface area contributed by atoms with Crippen LogP contribution in [0.25, 0.3) is 0 Å². The van der Waals surface area contributed by atoms with Crippen molar-refractivity contribution in [2.24, 2.45) is 0 Å². The van der Waals surface area contributed by atoms with Crippen LogP contribution in [0.1, 0.15) is 31.2 Å². The molecule has 1 aromatic rings. The number of anilines is 1. The van der Waals surface area contributed by atoms with Gasteiger partial charge >= 0.3 is 12.1 Å². The van der Waals surface area contributed by atoms with Crippen molar-refractivity contribution < 1.29 is 33.0 Å². The number of rotatable bonds is 7. The van der Waals surface area contributed by atoms with Crippen LogP contribution < -0.4 is 10.2 Å². The van der Waals surface area contributed by atoms with Crippen molar-refractivity contribution in [1.29, 1.82) is 0 Å². The Labute approximate surface area is 200 Å². The number of nitrogens with one attached hydrogen (secondary N) is 1. The van der Waals surface area contributed by atoms with Gasteiger partial charge in [-0.1, -0.05) is 29.3 Å². The lowest BCUT2D eigenvalue weighted by Crippen LogP contribution is -2.40. The Bertz CT molecular complexity index is 923. The van der Waals surface area contributed by atoms with E-state index in [-0.39, 0.29) is 31.5 Å². The summed E-state index contributed by atoms with van der Waals surface area (Å²) in [5.41, 5.74) is 0.856. The van der Waals surface area contributed by atoms with Crippen molar-refractivity contribution in [3.63, 3.8) is 0 Å². The molecule has 2 aliphatic heterocycles. The number of ether oxygens (including phenoxy) is 2. The van der Waals surface area contributed by atoms with E-state index in [9.17, 15) is 23.6 Å². The molecule has 3 amide bonds. The van der Waals surface area contributed by atoms with Crippen molar-refractivity contribution in [2.45, 2.75) is 36.6 Å². The van der Waals surface area contributed by atoms with Gasteiger partial charge < -0.3 is 19.7 Å². The van der Waals surface area contributed by atoms with Crippen LogP contribution in [-0.4, -0.2) is 72.5 Å². The van der Waals surface area contributed by atoms with Gasteiger partial charge in [0.2, 0.25) is 0 Å². The van der Waals surface area contributed by atoms with E-state index in [0.717, 1.165) is 0 Å². The third-order valence-corrected chi connectivity index (χ3v) is 5.95. The number of amides is 3. The highest BCUT2D eigenvalue weighted by Gasteiger charge is 2.34. The normalized spacial score (nSPS) is 18.9. The minimum atomic E-state index is -1.22. The van der Waals surface area contributed by atoms with E-state index in [1.807, 2.05) is 0 Å². The van der Waals surface area contributed by atoms with Crippen LogP contribution in [0, 0.1) is 5.82 Å². The predicted molar refractivity (Wildman–Crippen MR) is 118 cm³/mol. The van der Waals surface area contributed by atoms with E-state index in [1.54, 1.807) is 17.0 Å². The molecule has 2 heterocycles. The van der Waals surface area contributed by atoms with Gasteiger partial charge in [-0.15, -0.1) is 0 Å². The van der Waals surface area contributed by atoms with E-state index in [0.29, 0.717) is 37.2 Å². The van der Waals surface area contributed by atoms with Gasteiger partial charge in [-0.3, -0.25) is 19.3 Å². The number of alkyl halides is 2. The SMILES string of the molecule is CC(=O)OCC(=O)N1CCC(c2ccc(N3CC(CNC(=O)C(Cl)Cl)OC3=O)cc2F)CC1. The largest absolute Gasteiger partial charge is 0.456 e. The van der Waals surface area contributed by atoms with Gasteiger partial charge in [-0.2, -0.15) is 0 Å². The number of hydrogen-bond acceptors (Lipinski definition) is 6. The van der Waals surface area contributed by atoms with E-state index < -0.39 is 34.7 Å². The summed E-state index contributed by atoms with van der Waals surface area (Å²) in [5.74, 6) is -1.91. The first-order valence-corrected chi connectivity index (χ1v) is 11.3. The first-order chi connectivity index (χ1) is 15.7. The number of piperidine rings is 1. The Kier molecular flexibility index (Phi) is 8.36. The maximum Gasteiger partial charge on any atom is 0.414 e. The monoisotopic (exact) mass is 503 g/mol. The molecule has 0 aliphatic carbocycles. The fraction of sp³-hybridized carbons (Fsp3) is 0.524. The molecule has 0 bridgehead atoms. The average Bonchev–Trinajstić information content (AvgIpc) is 3.16. The Morgan fingerprint density at radius 2 is 1.97 bits per heavy atom. The molecular weight excluding hydrogens is 480 g/mol. The molecule has 0 radical (unpaired) electrons. The van der Waals surface area contributed by atoms with Gasteiger partial charge in [0.15, 0.2) is 11.4 Å². The number of carbonyl (C=O) groups excluding carboxylic acids is 4. The molecule has 1 aromatic carbocycles. The average molecular weight is 504 g/mol. The zero-order valence-corrected chi connectivity index (χ0v) is 19.4. The van der Waals surface area contributed by atoms with Gasteiger partial charge in [0.1, 0.15) is 11.9 Å². The number of esters is 1. The zero-order chi connectivity index (χ0) is 24.1. The maximum atomic E-state index is 14.9. The maximum absolute atomic E-state index is 14.9. The van der Waals surface area contributed by atoms with Crippen LogP contribution in [0.2, 0.25) is 0 Å².